The van der Waals surface area contributed by atoms with E-state index in [0.717, 1.165) is 16.8 Å². The Morgan fingerprint density at radius 3 is 2.62 bits per heavy atom. The van der Waals surface area contributed by atoms with E-state index in [1.807, 2.05) is 13.8 Å². The molecule has 2 heterocycles. The lowest BCUT2D eigenvalue weighted by molar-refractivity contribution is 0.349. The first-order valence-corrected chi connectivity index (χ1v) is 10.00. The maximum absolute atomic E-state index is 13.9. The Bertz CT molecular complexity index is 987. The largest absolute Gasteiger partial charge is 0.368 e. The summed E-state index contributed by atoms with van der Waals surface area (Å²) in [5, 5.41) is 3.30. The Balaban J connectivity index is 1.82. The summed E-state index contributed by atoms with van der Waals surface area (Å²) < 4.78 is 41.9. The van der Waals surface area contributed by atoms with E-state index in [4.69, 9.17) is 0 Å². The summed E-state index contributed by atoms with van der Waals surface area (Å²) in [4.78, 5) is 0.263. The molecule has 2 aliphatic heterocycles. The van der Waals surface area contributed by atoms with Gasteiger partial charge >= 0.3 is 0 Å². The van der Waals surface area contributed by atoms with Crippen molar-refractivity contribution in [1.29, 1.82) is 0 Å². The first-order chi connectivity index (χ1) is 12.3. The quantitative estimate of drug-likeness (QED) is 0.837. The predicted molar refractivity (Wildman–Crippen MR) is 99.9 cm³/mol. The minimum absolute atomic E-state index is 0.122. The van der Waals surface area contributed by atoms with Crippen molar-refractivity contribution < 1.29 is 12.8 Å². The molecule has 1 saturated heterocycles. The number of nitrogens with one attached hydrogen (secondary N) is 1. The number of halogens is 1. The third kappa shape index (κ3) is 2.25. The monoisotopic (exact) mass is 372 g/mol. The lowest BCUT2D eigenvalue weighted by atomic mass is 9.74. The summed E-state index contributed by atoms with van der Waals surface area (Å²) in [6, 6.07) is 11.4. The molecule has 4 rings (SSSR count). The molecule has 4 nitrogen and oxygen atoms in total. The van der Waals surface area contributed by atoms with Crippen LogP contribution in [0, 0.1) is 18.7 Å². The van der Waals surface area contributed by atoms with Gasteiger partial charge in [0.05, 0.1) is 4.90 Å². The molecular weight excluding hydrogens is 351 g/mol. The average Bonchev–Trinajstić information content (AvgIpc) is 3.05. The van der Waals surface area contributed by atoms with E-state index in [-0.39, 0.29) is 16.6 Å². The second-order valence-corrected chi connectivity index (χ2v) is 9.14. The van der Waals surface area contributed by atoms with E-state index in [1.165, 1.54) is 16.4 Å². The third-order valence-corrected chi connectivity index (χ3v) is 7.61. The number of aryl methyl sites for hydroxylation is 1. The molecule has 3 atom stereocenters. The van der Waals surface area contributed by atoms with Crippen molar-refractivity contribution in [3.8, 4) is 0 Å². The molecule has 0 radical (unpaired) electrons. The molecule has 0 aliphatic carbocycles. The second kappa shape index (κ2) is 5.66. The molecule has 26 heavy (non-hydrogen) atoms. The lowest BCUT2D eigenvalue weighted by Crippen LogP contribution is -2.45. The standard InChI is InChI=1S/C20H21FN2O2S/c1-4-14-12-23(26(24,25)16-8-5-13(2)6-9-16)19-20(14,3)17-11-15(21)7-10-18(17)22-19/h4-11,14,19,22H,1,12H2,2-3H3. The smallest absolute Gasteiger partial charge is 0.244 e. The number of nitrogens with zero attached hydrogens (tertiary/aromatic N) is 1. The van der Waals surface area contributed by atoms with Gasteiger partial charge in [-0.2, -0.15) is 4.31 Å². The fourth-order valence-electron chi connectivity index (χ4n) is 4.20. The van der Waals surface area contributed by atoms with Gasteiger partial charge < -0.3 is 5.32 Å². The Morgan fingerprint density at radius 2 is 1.96 bits per heavy atom. The molecular formula is C20H21FN2O2S. The van der Waals surface area contributed by atoms with Gasteiger partial charge in [-0.15, -0.1) is 6.58 Å². The SMILES string of the molecule is C=CC1CN(S(=O)(=O)c2ccc(C)cc2)C2Nc3ccc(F)cc3C12C. The fraction of sp³-hybridized carbons (Fsp3) is 0.300. The zero-order valence-electron chi connectivity index (χ0n) is 14.7. The number of sulfonamides is 1. The molecule has 2 aromatic carbocycles. The highest BCUT2D eigenvalue weighted by molar-refractivity contribution is 7.89. The zero-order chi connectivity index (χ0) is 18.7. The summed E-state index contributed by atoms with van der Waals surface area (Å²) >= 11 is 0. The van der Waals surface area contributed by atoms with Gasteiger partial charge in [0.1, 0.15) is 12.0 Å². The Hall–Kier alpha value is -2.18. The molecule has 2 aliphatic rings. The highest BCUT2D eigenvalue weighted by atomic mass is 32.2. The maximum Gasteiger partial charge on any atom is 0.244 e. The summed E-state index contributed by atoms with van der Waals surface area (Å²) in [6.45, 7) is 8.11. The number of hydrogen-bond donors (Lipinski definition) is 1. The predicted octanol–water partition coefficient (Wildman–Crippen LogP) is 3.65. The van der Waals surface area contributed by atoms with Gasteiger partial charge in [0.15, 0.2) is 0 Å². The molecule has 3 unspecified atom stereocenters. The van der Waals surface area contributed by atoms with Crippen LogP contribution in [0.3, 0.4) is 0 Å². The van der Waals surface area contributed by atoms with Gasteiger partial charge in [-0.05, 0) is 42.8 Å². The van der Waals surface area contributed by atoms with E-state index in [1.54, 1.807) is 36.4 Å². The molecule has 1 fully saturated rings. The number of anilines is 1. The van der Waals surface area contributed by atoms with Crippen LogP contribution in [-0.4, -0.2) is 25.4 Å². The third-order valence-electron chi connectivity index (χ3n) is 5.77. The number of hydrogen-bond acceptors (Lipinski definition) is 3. The van der Waals surface area contributed by atoms with Gasteiger partial charge in [-0.3, -0.25) is 0 Å². The second-order valence-electron chi connectivity index (χ2n) is 7.25. The van der Waals surface area contributed by atoms with Crippen LogP contribution in [0.5, 0.6) is 0 Å². The minimum Gasteiger partial charge on any atom is -0.368 e. The Morgan fingerprint density at radius 1 is 1.27 bits per heavy atom. The van der Waals surface area contributed by atoms with Crippen LogP contribution in [0.4, 0.5) is 10.1 Å². The molecule has 0 bridgehead atoms. The van der Waals surface area contributed by atoms with E-state index in [0.29, 0.717) is 6.54 Å². The number of rotatable bonds is 3. The summed E-state index contributed by atoms with van der Waals surface area (Å²) in [7, 11) is -3.69. The van der Waals surface area contributed by atoms with Crippen molar-refractivity contribution in [1.82, 2.24) is 4.31 Å². The Labute approximate surface area is 153 Å². The molecule has 136 valence electrons. The first kappa shape index (κ1) is 17.2. The van der Waals surface area contributed by atoms with Crippen molar-refractivity contribution in [3.63, 3.8) is 0 Å². The Kier molecular flexibility index (Phi) is 3.75. The van der Waals surface area contributed by atoms with Crippen molar-refractivity contribution in [3.05, 3.63) is 72.1 Å². The van der Waals surface area contributed by atoms with E-state index >= 15 is 0 Å². The molecule has 0 saturated carbocycles. The van der Waals surface area contributed by atoms with E-state index in [9.17, 15) is 12.8 Å². The first-order valence-electron chi connectivity index (χ1n) is 8.56. The van der Waals surface area contributed by atoms with Gasteiger partial charge in [-0.25, -0.2) is 12.8 Å². The van der Waals surface area contributed by atoms with E-state index in [2.05, 4.69) is 11.9 Å². The fourth-order valence-corrected chi connectivity index (χ4v) is 5.85. The normalized spacial score (nSPS) is 27.7. The van der Waals surface area contributed by atoms with Crippen molar-refractivity contribution in [2.75, 3.05) is 11.9 Å². The summed E-state index contributed by atoms with van der Waals surface area (Å²) in [5.74, 6) is -0.446. The highest BCUT2D eigenvalue weighted by Gasteiger charge is 2.58. The van der Waals surface area contributed by atoms with Crippen molar-refractivity contribution in [2.45, 2.75) is 30.3 Å². The summed E-state index contributed by atoms with van der Waals surface area (Å²) in [5.41, 5.74) is 2.00. The van der Waals surface area contributed by atoms with Crippen LogP contribution in [0.2, 0.25) is 0 Å². The molecule has 0 aromatic heterocycles. The number of fused-ring (bicyclic) bond motifs is 3. The minimum atomic E-state index is -3.69. The average molecular weight is 372 g/mol. The summed E-state index contributed by atoms with van der Waals surface area (Å²) in [6.07, 6.45) is 1.30. The van der Waals surface area contributed by atoms with Crippen molar-refractivity contribution in [2.24, 2.45) is 5.92 Å². The molecule has 0 amide bonds. The topological polar surface area (TPSA) is 49.4 Å². The maximum atomic E-state index is 13.9. The molecule has 2 aromatic rings. The van der Waals surface area contributed by atoms with Crippen LogP contribution in [0.15, 0.2) is 60.0 Å². The van der Waals surface area contributed by atoms with Crippen LogP contribution in [0.25, 0.3) is 0 Å². The molecule has 0 spiro atoms. The van der Waals surface area contributed by atoms with Gasteiger partial charge in [-0.1, -0.05) is 30.7 Å². The van der Waals surface area contributed by atoms with Gasteiger partial charge in [0.2, 0.25) is 10.0 Å². The zero-order valence-corrected chi connectivity index (χ0v) is 15.6. The van der Waals surface area contributed by atoms with Crippen LogP contribution in [-0.2, 0) is 15.4 Å². The lowest BCUT2D eigenvalue weighted by Gasteiger charge is -2.30. The number of benzene rings is 2. The van der Waals surface area contributed by atoms with Crippen LogP contribution >= 0.6 is 0 Å². The van der Waals surface area contributed by atoms with Gasteiger partial charge in [0.25, 0.3) is 0 Å². The van der Waals surface area contributed by atoms with Gasteiger partial charge in [0, 0.05) is 23.6 Å². The van der Waals surface area contributed by atoms with Crippen LogP contribution < -0.4 is 5.32 Å². The van der Waals surface area contributed by atoms with Crippen molar-refractivity contribution >= 4 is 15.7 Å². The highest BCUT2D eigenvalue weighted by Crippen LogP contribution is 2.53. The van der Waals surface area contributed by atoms with E-state index < -0.39 is 21.6 Å². The molecule has 1 N–H and O–H groups in total. The molecule has 6 heteroatoms. The van der Waals surface area contributed by atoms with Crippen LogP contribution in [0.1, 0.15) is 18.1 Å².